The Kier molecular flexibility index (Phi) is 5.52. The molecular weight excluding hydrogens is 292 g/mol. The predicted molar refractivity (Wildman–Crippen MR) is 78.2 cm³/mol. The topological polar surface area (TPSA) is 18.5 Å². The summed E-state index contributed by atoms with van der Waals surface area (Å²) in [6.45, 7) is 6.45. The van der Waals surface area contributed by atoms with E-state index in [1.54, 1.807) is 0 Å². The maximum Gasteiger partial charge on any atom is 0.0782 e. The summed E-state index contributed by atoms with van der Waals surface area (Å²) < 4.78 is 11.9. The molecule has 1 saturated carbocycles. The maximum atomic E-state index is 6.47. The average Bonchev–Trinajstić information content (AvgIpc) is 2.40. The summed E-state index contributed by atoms with van der Waals surface area (Å²) in [5.74, 6) is 1.72. The Bertz CT molecular complexity index is 241. The SMILES string of the molecule is CC(C)C1CCC(CBr)(OC2CCOCC2)CC1. The first kappa shape index (κ1) is 14.8. The van der Waals surface area contributed by atoms with Crippen molar-refractivity contribution in [3.05, 3.63) is 0 Å². The van der Waals surface area contributed by atoms with Gasteiger partial charge in [-0.3, -0.25) is 0 Å². The number of hydrogen-bond acceptors (Lipinski definition) is 2. The monoisotopic (exact) mass is 318 g/mol. The van der Waals surface area contributed by atoms with Crippen LogP contribution < -0.4 is 0 Å². The van der Waals surface area contributed by atoms with Crippen LogP contribution in [-0.2, 0) is 9.47 Å². The highest BCUT2D eigenvalue weighted by Crippen LogP contribution is 2.40. The summed E-state index contributed by atoms with van der Waals surface area (Å²) >= 11 is 3.70. The smallest absolute Gasteiger partial charge is 0.0782 e. The van der Waals surface area contributed by atoms with Gasteiger partial charge in [0.2, 0.25) is 0 Å². The molecule has 0 unspecified atom stereocenters. The molecule has 0 spiro atoms. The van der Waals surface area contributed by atoms with Gasteiger partial charge in [0, 0.05) is 18.5 Å². The summed E-state index contributed by atoms with van der Waals surface area (Å²) in [6.07, 6.45) is 7.66. The zero-order valence-corrected chi connectivity index (χ0v) is 13.4. The van der Waals surface area contributed by atoms with E-state index in [0.29, 0.717) is 6.10 Å². The van der Waals surface area contributed by atoms with Gasteiger partial charge in [-0.1, -0.05) is 29.8 Å². The third kappa shape index (κ3) is 3.71. The van der Waals surface area contributed by atoms with Crippen LogP contribution in [0.5, 0.6) is 0 Å². The minimum Gasteiger partial charge on any atom is -0.381 e. The minimum atomic E-state index is 0.105. The lowest BCUT2D eigenvalue weighted by Gasteiger charge is -2.43. The number of ether oxygens (including phenoxy) is 2. The van der Waals surface area contributed by atoms with Gasteiger partial charge in [0.05, 0.1) is 11.7 Å². The highest BCUT2D eigenvalue weighted by Gasteiger charge is 2.38. The van der Waals surface area contributed by atoms with Gasteiger partial charge in [0.25, 0.3) is 0 Å². The maximum absolute atomic E-state index is 6.47. The molecule has 0 N–H and O–H groups in total. The van der Waals surface area contributed by atoms with Gasteiger partial charge in [-0.2, -0.15) is 0 Å². The van der Waals surface area contributed by atoms with E-state index in [0.717, 1.165) is 43.2 Å². The lowest BCUT2D eigenvalue weighted by atomic mass is 9.75. The molecule has 0 aromatic heterocycles. The van der Waals surface area contributed by atoms with Crippen LogP contribution in [0.4, 0.5) is 0 Å². The molecule has 0 aromatic carbocycles. The molecule has 0 amide bonds. The van der Waals surface area contributed by atoms with E-state index in [-0.39, 0.29) is 5.60 Å². The molecule has 106 valence electrons. The average molecular weight is 319 g/mol. The highest BCUT2D eigenvalue weighted by molar-refractivity contribution is 9.09. The Morgan fingerprint density at radius 1 is 1.17 bits per heavy atom. The van der Waals surface area contributed by atoms with Crippen LogP contribution in [0, 0.1) is 11.8 Å². The first-order chi connectivity index (χ1) is 8.65. The van der Waals surface area contributed by atoms with Gasteiger partial charge >= 0.3 is 0 Å². The Morgan fingerprint density at radius 3 is 2.28 bits per heavy atom. The molecule has 3 heteroatoms. The zero-order chi connectivity index (χ0) is 13.0. The van der Waals surface area contributed by atoms with Crippen LogP contribution in [0.2, 0.25) is 0 Å². The summed E-state index contributed by atoms with van der Waals surface area (Å²) in [4.78, 5) is 0. The van der Waals surface area contributed by atoms with E-state index >= 15 is 0 Å². The van der Waals surface area contributed by atoms with Crippen molar-refractivity contribution < 1.29 is 9.47 Å². The number of hydrogen-bond donors (Lipinski definition) is 0. The molecule has 0 aromatic rings. The van der Waals surface area contributed by atoms with Gasteiger partial charge in [-0.15, -0.1) is 0 Å². The fourth-order valence-corrected chi connectivity index (χ4v) is 3.96. The van der Waals surface area contributed by atoms with Gasteiger partial charge in [0.1, 0.15) is 0 Å². The molecule has 1 aliphatic heterocycles. The molecule has 0 radical (unpaired) electrons. The minimum absolute atomic E-state index is 0.105. The second-order valence-electron chi connectivity index (χ2n) is 6.33. The van der Waals surface area contributed by atoms with Crippen molar-refractivity contribution >= 4 is 15.9 Å². The van der Waals surface area contributed by atoms with Gasteiger partial charge in [-0.25, -0.2) is 0 Å². The molecular formula is C15H27BrO2. The van der Waals surface area contributed by atoms with Crippen LogP contribution in [-0.4, -0.2) is 30.2 Å². The van der Waals surface area contributed by atoms with E-state index in [2.05, 4.69) is 29.8 Å². The van der Waals surface area contributed by atoms with Crippen LogP contribution in [0.25, 0.3) is 0 Å². The third-order valence-electron chi connectivity index (χ3n) is 4.71. The van der Waals surface area contributed by atoms with Crippen LogP contribution in [0.1, 0.15) is 52.4 Å². The standard InChI is InChI=1S/C15H27BrO2/c1-12(2)13-3-7-15(11-16,8-4-13)18-14-5-9-17-10-6-14/h12-14H,3-11H2,1-2H3. The van der Waals surface area contributed by atoms with E-state index in [1.165, 1.54) is 25.7 Å². The van der Waals surface area contributed by atoms with E-state index in [1.807, 2.05) is 0 Å². The quantitative estimate of drug-likeness (QED) is 0.724. The van der Waals surface area contributed by atoms with Crippen molar-refractivity contribution in [1.29, 1.82) is 0 Å². The van der Waals surface area contributed by atoms with Gasteiger partial charge in [-0.05, 0) is 50.4 Å². The third-order valence-corrected chi connectivity index (χ3v) is 5.73. The molecule has 1 aliphatic carbocycles. The fraction of sp³-hybridized carbons (Fsp3) is 1.00. The molecule has 0 bridgehead atoms. The van der Waals surface area contributed by atoms with E-state index in [9.17, 15) is 0 Å². The summed E-state index contributed by atoms with van der Waals surface area (Å²) in [5.41, 5.74) is 0.105. The number of rotatable bonds is 4. The Hall–Kier alpha value is 0.400. The first-order valence-electron chi connectivity index (χ1n) is 7.47. The second-order valence-corrected chi connectivity index (χ2v) is 6.89. The van der Waals surface area contributed by atoms with Crippen molar-refractivity contribution in [2.24, 2.45) is 11.8 Å². The van der Waals surface area contributed by atoms with Crippen molar-refractivity contribution in [1.82, 2.24) is 0 Å². The summed E-state index contributed by atoms with van der Waals surface area (Å²) in [7, 11) is 0. The normalized spacial score (nSPS) is 35.0. The molecule has 1 saturated heterocycles. The Morgan fingerprint density at radius 2 is 1.78 bits per heavy atom. The van der Waals surface area contributed by atoms with Crippen LogP contribution in [0.15, 0.2) is 0 Å². The van der Waals surface area contributed by atoms with Crippen LogP contribution >= 0.6 is 15.9 Å². The van der Waals surface area contributed by atoms with Gasteiger partial charge < -0.3 is 9.47 Å². The van der Waals surface area contributed by atoms with Crippen LogP contribution in [0.3, 0.4) is 0 Å². The molecule has 2 nitrogen and oxygen atoms in total. The summed E-state index contributed by atoms with van der Waals surface area (Å²) in [5, 5.41) is 0.988. The lowest BCUT2D eigenvalue weighted by Crippen LogP contribution is -2.43. The fourth-order valence-electron chi connectivity index (χ4n) is 3.26. The summed E-state index contributed by atoms with van der Waals surface area (Å²) in [6, 6.07) is 0. The highest BCUT2D eigenvalue weighted by atomic mass is 79.9. The Balaban J connectivity index is 1.87. The first-order valence-corrected chi connectivity index (χ1v) is 8.59. The lowest BCUT2D eigenvalue weighted by molar-refractivity contribution is -0.134. The van der Waals surface area contributed by atoms with Gasteiger partial charge in [0.15, 0.2) is 0 Å². The number of halogens is 1. The predicted octanol–water partition coefficient (Wildman–Crippen LogP) is 4.16. The Labute approximate surface area is 120 Å². The van der Waals surface area contributed by atoms with Crippen molar-refractivity contribution in [3.63, 3.8) is 0 Å². The van der Waals surface area contributed by atoms with Crippen molar-refractivity contribution in [3.8, 4) is 0 Å². The van der Waals surface area contributed by atoms with Crippen molar-refractivity contribution in [2.75, 3.05) is 18.5 Å². The number of alkyl halides is 1. The van der Waals surface area contributed by atoms with E-state index in [4.69, 9.17) is 9.47 Å². The molecule has 1 heterocycles. The van der Waals surface area contributed by atoms with Crippen molar-refractivity contribution in [2.45, 2.75) is 64.1 Å². The second kappa shape index (κ2) is 6.71. The molecule has 0 atom stereocenters. The zero-order valence-electron chi connectivity index (χ0n) is 11.8. The largest absolute Gasteiger partial charge is 0.381 e. The van der Waals surface area contributed by atoms with E-state index < -0.39 is 0 Å². The molecule has 2 rings (SSSR count). The molecule has 2 aliphatic rings. The molecule has 2 fully saturated rings. The molecule has 18 heavy (non-hydrogen) atoms.